The first-order valence-electron chi connectivity index (χ1n) is 4.02. The predicted molar refractivity (Wildman–Crippen MR) is 46.3 cm³/mol. The van der Waals surface area contributed by atoms with Crippen LogP contribution < -0.4 is 11.1 Å². The van der Waals surface area contributed by atoms with E-state index >= 15 is 0 Å². The third-order valence-corrected chi connectivity index (χ3v) is 1.78. The van der Waals surface area contributed by atoms with Gasteiger partial charge in [-0.15, -0.1) is 0 Å². The van der Waals surface area contributed by atoms with Gasteiger partial charge in [0, 0.05) is 12.1 Å². The third kappa shape index (κ3) is 2.71. The Bertz CT molecular complexity index is 178. The van der Waals surface area contributed by atoms with Crippen LogP contribution >= 0.6 is 0 Å². The van der Waals surface area contributed by atoms with Crippen LogP contribution in [0, 0.1) is 0 Å². The molecule has 0 aromatic rings. The van der Waals surface area contributed by atoms with Crippen LogP contribution in [-0.4, -0.2) is 25.4 Å². The zero-order chi connectivity index (χ0) is 9.03. The SMILES string of the molecule is CC(C)(CN)NCC1=COCO1. The van der Waals surface area contributed by atoms with E-state index in [0.717, 1.165) is 5.76 Å². The summed E-state index contributed by atoms with van der Waals surface area (Å²) in [6, 6.07) is 0. The molecule has 0 aliphatic carbocycles. The number of ether oxygens (including phenoxy) is 2. The molecule has 1 aliphatic heterocycles. The minimum absolute atomic E-state index is 0.0488. The Labute approximate surface area is 72.7 Å². The maximum absolute atomic E-state index is 5.54. The van der Waals surface area contributed by atoms with Gasteiger partial charge in [0.25, 0.3) is 0 Å². The summed E-state index contributed by atoms with van der Waals surface area (Å²) >= 11 is 0. The third-order valence-electron chi connectivity index (χ3n) is 1.78. The molecule has 0 atom stereocenters. The molecule has 0 bridgehead atoms. The Morgan fingerprint density at radius 3 is 2.92 bits per heavy atom. The molecule has 0 saturated heterocycles. The van der Waals surface area contributed by atoms with Crippen molar-refractivity contribution in [1.29, 1.82) is 0 Å². The molecule has 0 aromatic carbocycles. The maximum atomic E-state index is 5.54. The van der Waals surface area contributed by atoms with Crippen molar-refractivity contribution >= 4 is 0 Å². The van der Waals surface area contributed by atoms with E-state index in [1.165, 1.54) is 0 Å². The van der Waals surface area contributed by atoms with E-state index in [4.69, 9.17) is 15.2 Å². The molecule has 1 heterocycles. The Morgan fingerprint density at radius 2 is 2.42 bits per heavy atom. The summed E-state index contributed by atoms with van der Waals surface area (Å²) in [4.78, 5) is 0. The highest BCUT2D eigenvalue weighted by molar-refractivity contribution is 4.95. The predicted octanol–water partition coefficient (Wildman–Crippen LogP) is 0.159. The van der Waals surface area contributed by atoms with Crippen LogP contribution in [0.1, 0.15) is 13.8 Å². The molecule has 0 aromatic heterocycles. The Hall–Kier alpha value is -0.740. The number of nitrogens with one attached hydrogen (secondary N) is 1. The molecule has 1 rings (SSSR count). The molecule has 3 N–H and O–H groups in total. The molecule has 12 heavy (non-hydrogen) atoms. The summed E-state index contributed by atoms with van der Waals surface area (Å²) in [5.41, 5.74) is 5.49. The molecule has 4 heteroatoms. The number of rotatable bonds is 4. The first-order chi connectivity index (χ1) is 5.64. The minimum atomic E-state index is -0.0488. The second kappa shape index (κ2) is 3.78. The lowest BCUT2D eigenvalue weighted by Crippen LogP contribution is -2.46. The molecular formula is C8H16N2O2. The van der Waals surface area contributed by atoms with Gasteiger partial charge in [-0.2, -0.15) is 0 Å². The Morgan fingerprint density at radius 1 is 1.67 bits per heavy atom. The van der Waals surface area contributed by atoms with Gasteiger partial charge in [-0.1, -0.05) is 0 Å². The first-order valence-corrected chi connectivity index (χ1v) is 4.02. The number of hydrogen-bond acceptors (Lipinski definition) is 4. The van der Waals surface area contributed by atoms with Gasteiger partial charge >= 0.3 is 0 Å². The highest BCUT2D eigenvalue weighted by Crippen LogP contribution is 2.06. The second-order valence-corrected chi connectivity index (χ2v) is 3.45. The van der Waals surface area contributed by atoms with E-state index < -0.39 is 0 Å². The molecule has 0 saturated carbocycles. The summed E-state index contributed by atoms with van der Waals surface area (Å²) in [5, 5.41) is 3.25. The average Bonchev–Trinajstić information content (AvgIpc) is 2.53. The van der Waals surface area contributed by atoms with E-state index in [1.807, 2.05) is 13.8 Å². The average molecular weight is 172 g/mol. The molecule has 0 unspecified atom stereocenters. The highest BCUT2D eigenvalue weighted by Gasteiger charge is 2.16. The zero-order valence-corrected chi connectivity index (χ0v) is 7.59. The minimum Gasteiger partial charge on any atom is -0.462 e. The van der Waals surface area contributed by atoms with Crippen molar-refractivity contribution in [2.75, 3.05) is 19.9 Å². The molecule has 0 spiro atoms. The monoisotopic (exact) mass is 172 g/mol. The largest absolute Gasteiger partial charge is 0.462 e. The van der Waals surface area contributed by atoms with Crippen LogP contribution in [0.4, 0.5) is 0 Å². The van der Waals surface area contributed by atoms with Gasteiger partial charge in [-0.25, -0.2) is 0 Å². The van der Waals surface area contributed by atoms with E-state index in [2.05, 4.69) is 5.32 Å². The second-order valence-electron chi connectivity index (χ2n) is 3.45. The van der Waals surface area contributed by atoms with Gasteiger partial charge in [0.05, 0.1) is 6.54 Å². The first kappa shape index (κ1) is 9.35. The Kier molecular flexibility index (Phi) is 2.94. The highest BCUT2D eigenvalue weighted by atomic mass is 16.7. The molecule has 70 valence electrons. The topological polar surface area (TPSA) is 56.5 Å². The molecular weight excluding hydrogens is 156 g/mol. The van der Waals surface area contributed by atoms with Gasteiger partial charge in [0.1, 0.15) is 12.0 Å². The van der Waals surface area contributed by atoms with Crippen molar-refractivity contribution in [2.45, 2.75) is 19.4 Å². The molecule has 0 fully saturated rings. The van der Waals surface area contributed by atoms with Crippen LogP contribution in [0.3, 0.4) is 0 Å². The van der Waals surface area contributed by atoms with Crippen LogP contribution in [0.5, 0.6) is 0 Å². The normalized spacial score (nSPS) is 16.8. The summed E-state index contributed by atoms with van der Waals surface area (Å²) in [6.45, 7) is 5.69. The lowest BCUT2D eigenvalue weighted by atomic mass is 10.1. The summed E-state index contributed by atoms with van der Waals surface area (Å²) < 4.78 is 10.0. The lowest BCUT2D eigenvalue weighted by Gasteiger charge is -2.23. The van der Waals surface area contributed by atoms with Crippen LogP contribution in [0.25, 0.3) is 0 Å². The number of hydrogen-bond donors (Lipinski definition) is 2. The molecule has 0 radical (unpaired) electrons. The maximum Gasteiger partial charge on any atom is 0.229 e. The molecule has 0 amide bonds. The van der Waals surface area contributed by atoms with Crippen molar-refractivity contribution in [3.63, 3.8) is 0 Å². The quantitative estimate of drug-likeness (QED) is 0.634. The summed E-state index contributed by atoms with van der Waals surface area (Å²) in [7, 11) is 0. The van der Waals surface area contributed by atoms with Crippen molar-refractivity contribution < 1.29 is 9.47 Å². The van der Waals surface area contributed by atoms with Gasteiger partial charge in [-0.3, -0.25) is 0 Å². The van der Waals surface area contributed by atoms with E-state index in [0.29, 0.717) is 19.9 Å². The van der Waals surface area contributed by atoms with E-state index in [-0.39, 0.29) is 5.54 Å². The summed E-state index contributed by atoms with van der Waals surface area (Å²) in [5.74, 6) is 0.830. The fourth-order valence-electron chi connectivity index (χ4n) is 0.762. The van der Waals surface area contributed by atoms with Gasteiger partial charge in [-0.05, 0) is 13.8 Å². The van der Waals surface area contributed by atoms with E-state index in [9.17, 15) is 0 Å². The lowest BCUT2D eigenvalue weighted by molar-refractivity contribution is 0.0779. The zero-order valence-electron chi connectivity index (χ0n) is 7.59. The van der Waals surface area contributed by atoms with Gasteiger partial charge < -0.3 is 20.5 Å². The summed E-state index contributed by atoms with van der Waals surface area (Å²) in [6.07, 6.45) is 1.62. The van der Waals surface area contributed by atoms with Crippen LogP contribution in [0.2, 0.25) is 0 Å². The van der Waals surface area contributed by atoms with Gasteiger partial charge in [0.15, 0.2) is 0 Å². The molecule has 4 nitrogen and oxygen atoms in total. The van der Waals surface area contributed by atoms with Crippen molar-refractivity contribution in [3.8, 4) is 0 Å². The Balaban J connectivity index is 2.24. The van der Waals surface area contributed by atoms with Crippen LogP contribution in [0.15, 0.2) is 12.0 Å². The van der Waals surface area contributed by atoms with E-state index in [1.54, 1.807) is 6.26 Å². The fraction of sp³-hybridized carbons (Fsp3) is 0.750. The smallest absolute Gasteiger partial charge is 0.229 e. The number of nitrogens with two attached hydrogens (primary N) is 1. The standard InChI is InChI=1S/C8H16N2O2/c1-8(2,5-9)10-3-7-4-11-6-12-7/h4,10H,3,5-6,9H2,1-2H3. The molecule has 1 aliphatic rings. The van der Waals surface area contributed by atoms with Crippen LogP contribution in [-0.2, 0) is 9.47 Å². The fourth-order valence-corrected chi connectivity index (χ4v) is 0.762. The van der Waals surface area contributed by atoms with Crippen molar-refractivity contribution in [1.82, 2.24) is 5.32 Å². The van der Waals surface area contributed by atoms with Crippen molar-refractivity contribution in [2.24, 2.45) is 5.73 Å². The van der Waals surface area contributed by atoms with Crippen molar-refractivity contribution in [3.05, 3.63) is 12.0 Å². The van der Waals surface area contributed by atoms with Gasteiger partial charge in [0.2, 0.25) is 6.79 Å².